The molecule has 0 N–H and O–H groups in total. The third kappa shape index (κ3) is 1.79. The van der Waals surface area contributed by atoms with Crippen LogP contribution in [0, 0.1) is 0 Å². The van der Waals surface area contributed by atoms with Crippen LogP contribution in [0.15, 0.2) is 12.1 Å². The van der Waals surface area contributed by atoms with E-state index in [1.165, 1.54) is 12.8 Å². The summed E-state index contributed by atoms with van der Waals surface area (Å²) in [6.07, 6.45) is 2.51. The Morgan fingerprint density at radius 1 is 1.11 bits per heavy atom. The molecule has 4 nitrogen and oxygen atoms in total. The number of rotatable bonds is 3. The van der Waals surface area contributed by atoms with Crippen LogP contribution in [-0.2, 0) is 0 Å². The van der Waals surface area contributed by atoms with Gasteiger partial charge in [0, 0.05) is 13.1 Å². The molecule has 1 aliphatic rings. The molecule has 1 saturated heterocycles. The van der Waals surface area contributed by atoms with E-state index in [4.69, 9.17) is 14.5 Å². The average molecular weight is 264 g/mol. The van der Waals surface area contributed by atoms with E-state index in [1.807, 2.05) is 12.1 Å². The molecule has 2 aromatic rings. The van der Waals surface area contributed by atoms with Crippen molar-refractivity contribution in [1.82, 2.24) is 4.98 Å². The van der Waals surface area contributed by atoms with Crippen molar-refractivity contribution in [1.29, 1.82) is 0 Å². The molecule has 1 fully saturated rings. The van der Waals surface area contributed by atoms with Crippen LogP contribution in [0.4, 0.5) is 5.13 Å². The van der Waals surface area contributed by atoms with E-state index in [1.54, 1.807) is 25.6 Å². The van der Waals surface area contributed by atoms with E-state index in [0.29, 0.717) is 0 Å². The Kier molecular flexibility index (Phi) is 2.99. The largest absolute Gasteiger partial charge is 0.495 e. The van der Waals surface area contributed by atoms with Crippen molar-refractivity contribution in [2.24, 2.45) is 0 Å². The van der Waals surface area contributed by atoms with Crippen molar-refractivity contribution in [3.8, 4) is 11.5 Å². The van der Waals surface area contributed by atoms with Gasteiger partial charge in [0.25, 0.3) is 0 Å². The molecule has 0 aliphatic carbocycles. The molecule has 96 valence electrons. The number of methoxy groups -OCH3 is 2. The minimum atomic E-state index is 0.812. The van der Waals surface area contributed by atoms with E-state index in [-0.39, 0.29) is 0 Å². The molecular formula is C13H16N2O2S. The van der Waals surface area contributed by atoms with E-state index in [9.17, 15) is 0 Å². The lowest BCUT2D eigenvalue weighted by Gasteiger charge is -2.11. The second kappa shape index (κ2) is 4.65. The fourth-order valence-corrected chi connectivity index (χ4v) is 3.44. The Morgan fingerprint density at radius 3 is 2.44 bits per heavy atom. The molecule has 1 aromatic heterocycles. The van der Waals surface area contributed by atoms with E-state index < -0.39 is 0 Å². The standard InChI is InChI=1S/C13H16N2O2S/c1-16-9-5-6-10(17-2)12-11(9)14-13(18-12)15-7-3-4-8-15/h5-6H,3-4,7-8H2,1-2H3. The Labute approximate surface area is 110 Å². The Balaban J connectivity index is 2.13. The van der Waals surface area contributed by atoms with Gasteiger partial charge in [0.15, 0.2) is 5.13 Å². The second-order valence-corrected chi connectivity index (χ2v) is 5.32. The summed E-state index contributed by atoms with van der Waals surface area (Å²) in [6, 6.07) is 3.85. The van der Waals surface area contributed by atoms with Crippen molar-refractivity contribution < 1.29 is 9.47 Å². The lowest BCUT2D eigenvalue weighted by molar-refractivity contribution is 0.410. The minimum absolute atomic E-state index is 0.812. The van der Waals surface area contributed by atoms with Crippen LogP contribution in [0.1, 0.15) is 12.8 Å². The highest BCUT2D eigenvalue weighted by molar-refractivity contribution is 7.22. The number of fused-ring (bicyclic) bond motifs is 1. The number of hydrogen-bond acceptors (Lipinski definition) is 5. The highest BCUT2D eigenvalue weighted by Crippen LogP contribution is 2.40. The molecule has 5 heteroatoms. The molecular weight excluding hydrogens is 248 g/mol. The summed E-state index contributed by atoms with van der Waals surface area (Å²) < 4.78 is 11.8. The van der Waals surface area contributed by atoms with Gasteiger partial charge in [-0.05, 0) is 25.0 Å². The van der Waals surface area contributed by atoms with Crippen molar-refractivity contribution in [2.45, 2.75) is 12.8 Å². The fourth-order valence-electron chi connectivity index (χ4n) is 2.32. The van der Waals surface area contributed by atoms with Crippen LogP contribution in [0.5, 0.6) is 11.5 Å². The quantitative estimate of drug-likeness (QED) is 0.853. The van der Waals surface area contributed by atoms with Crippen LogP contribution in [0.3, 0.4) is 0 Å². The first-order valence-corrected chi connectivity index (χ1v) is 6.91. The summed E-state index contributed by atoms with van der Waals surface area (Å²) in [5.74, 6) is 1.68. The monoisotopic (exact) mass is 264 g/mol. The summed E-state index contributed by atoms with van der Waals surface area (Å²) in [6.45, 7) is 2.20. The molecule has 0 spiro atoms. The zero-order valence-corrected chi connectivity index (χ0v) is 11.4. The van der Waals surface area contributed by atoms with Gasteiger partial charge in [0.2, 0.25) is 0 Å². The molecule has 0 bridgehead atoms. The van der Waals surface area contributed by atoms with Crippen molar-refractivity contribution >= 4 is 26.7 Å². The Hall–Kier alpha value is -1.49. The molecule has 18 heavy (non-hydrogen) atoms. The third-order valence-corrected chi connectivity index (χ3v) is 4.41. The van der Waals surface area contributed by atoms with Crippen molar-refractivity contribution in [3.63, 3.8) is 0 Å². The van der Waals surface area contributed by atoms with Crippen LogP contribution < -0.4 is 14.4 Å². The van der Waals surface area contributed by atoms with E-state index >= 15 is 0 Å². The molecule has 1 aromatic carbocycles. The summed E-state index contributed by atoms with van der Waals surface area (Å²) in [5, 5.41) is 1.07. The van der Waals surface area contributed by atoms with Crippen LogP contribution in [-0.4, -0.2) is 32.3 Å². The topological polar surface area (TPSA) is 34.6 Å². The van der Waals surface area contributed by atoms with Crippen LogP contribution in [0.25, 0.3) is 10.2 Å². The first-order valence-electron chi connectivity index (χ1n) is 6.10. The molecule has 2 heterocycles. The van der Waals surface area contributed by atoms with Gasteiger partial charge in [-0.2, -0.15) is 0 Å². The zero-order chi connectivity index (χ0) is 12.5. The maximum atomic E-state index is 5.40. The molecule has 0 saturated carbocycles. The number of benzene rings is 1. The SMILES string of the molecule is COc1ccc(OC)c2sc(N3CCCC3)nc12. The van der Waals surface area contributed by atoms with Gasteiger partial charge in [0.05, 0.1) is 14.2 Å². The maximum absolute atomic E-state index is 5.40. The van der Waals surface area contributed by atoms with Crippen LogP contribution >= 0.6 is 11.3 Å². The van der Waals surface area contributed by atoms with Gasteiger partial charge in [-0.15, -0.1) is 0 Å². The van der Waals surface area contributed by atoms with E-state index in [2.05, 4.69) is 4.90 Å². The molecule has 0 unspecified atom stereocenters. The maximum Gasteiger partial charge on any atom is 0.186 e. The first kappa shape index (κ1) is 11.6. The zero-order valence-electron chi connectivity index (χ0n) is 10.6. The Bertz CT molecular complexity index is 520. The van der Waals surface area contributed by atoms with Gasteiger partial charge < -0.3 is 14.4 Å². The third-order valence-electron chi connectivity index (χ3n) is 3.28. The minimum Gasteiger partial charge on any atom is -0.495 e. The molecule has 0 radical (unpaired) electrons. The smallest absolute Gasteiger partial charge is 0.186 e. The predicted molar refractivity (Wildman–Crippen MR) is 74.2 cm³/mol. The number of anilines is 1. The normalized spacial score (nSPS) is 15.3. The summed E-state index contributed by atoms with van der Waals surface area (Å²) in [5.41, 5.74) is 0.906. The van der Waals surface area contributed by atoms with Gasteiger partial charge in [-0.25, -0.2) is 4.98 Å². The van der Waals surface area contributed by atoms with Gasteiger partial charge in [-0.3, -0.25) is 0 Å². The van der Waals surface area contributed by atoms with E-state index in [0.717, 1.165) is 39.9 Å². The van der Waals surface area contributed by atoms with Gasteiger partial charge >= 0.3 is 0 Å². The number of ether oxygens (including phenoxy) is 2. The summed E-state index contributed by atoms with van der Waals surface area (Å²) >= 11 is 1.69. The van der Waals surface area contributed by atoms with Gasteiger partial charge in [0.1, 0.15) is 21.7 Å². The molecule has 0 amide bonds. The summed E-state index contributed by atoms with van der Waals surface area (Å²) in [7, 11) is 3.37. The number of hydrogen-bond donors (Lipinski definition) is 0. The number of nitrogens with zero attached hydrogens (tertiary/aromatic N) is 2. The van der Waals surface area contributed by atoms with Gasteiger partial charge in [-0.1, -0.05) is 11.3 Å². The molecule has 3 rings (SSSR count). The second-order valence-electron chi connectivity index (χ2n) is 4.34. The first-order chi connectivity index (χ1) is 8.83. The molecule has 1 aliphatic heterocycles. The highest BCUT2D eigenvalue weighted by atomic mass is 32.1. The van der Waals surface area contributed by atoms with Crippen molar-refractivity contribution in [2.75, 3.05) is 32.2 Å². The average Bonchev–Trinajstić information content (AvgIpc) is 3.05. The number of thiazole rings is 1. The van der Waals surface area contributed by atoms with Crippen molar-refractivity contribution in [3.05, 3.63) is 12.1 Å². The lowest BCUT2D eigenvalue weighted by Crippen LogP contribution is -2.16. The predicted octanol–water partition coefficient (Wildman–Crippen LogP) is 2.91. The highest BCUT2D eigenvalue weighted by Gasteiger charge is 2.19. The lowest BCUT2D eigenvalue weighted by atomic mass is 10.3. The van der Waals surface area contributed by atoms with Crippen LogP contribution in [0.2, 0.25) is 0 Å². The Morgan fingerprint density at radius 2 is 1.78 bits per heavy atom. The number of aromatic nitrogens is 1. The molecule has 0 atom stereocenters. The summed E-state index contributed by atoms with van der Waals surface area (Å²) in [4.78, 5) is 7.05. The fraction of sp³-hybridized carbons (Fsp3) is 0.462.